The standard InChI is InChI=1S/C10H12F2N2O2/c1-6-2-3-7(10(13)14-15)4-8(6)16-5-9(11)12/h2-4,9,15H,5H2,1H3,(H2,13,14). The molecule has 3 N–H and O–H groups in total. The third kappa shape index (κ3) is 3.08. The number of oxime groups is 1. The van der Waals surface area contributed by atoms with E-state index in [4.69, 9.17) is 15.7 Å². The Hall–Kier alpha value is -1.85. The molecule has 0 saturated carbocycles. The highest BCUT2D eigenvalue weighted by Crippen LogP contribution is 2.20. The lowest BCUT2D eigenvalue weighted by Crippen LogP contribution is -2.14. The smallest absolute Gasteiger partial charge is 0.272 e. The first kappa shape index (κ1) is 12.2. The third-order valence-electron chi connectivity index (χ3n) is 1.96. The first-order valence-corrected chi connectivity index (χ1v) is 4.54. The summed E-state index contributed by atoms with van der Waals surface area (Å²) in [4.78, 5) is 0. The van der Waals surface area contributed by atoms with Gasteiger partial charge in [0.15, 0.2) is 5.84 Å². The predicted octanol–water partition coefficient (Wildman–Crippen LogP) is 1.73. The largest absolute Gasteiger partial charge is 0.487 e. The molecular formula is C10H12F2N2O2. The van der Waals surface area contributed by atoms with E-state index in [1.54, 1.807) is 19.1 Å². The van der Waals surface area contributed by atoms with Gasteiger partial charge in [0.25, 0.3) is 6.43 Å². The summed E-state index contributed by atoms with van der Waals surface area (Å²) in [5, 5.41) is 11.3. The highest BCUT2D eigenvalue weighted by Gasteiger charge is 2.08. The molecule has 1 rings (SSSR count). The zero-order valence-electron chi connectivity index (χ0n) is 8.65. The molecule has 0 heterocycles. The van der Waals surface area contributed by atoms with E-state index >= 15 is 0 Å². The van der Waals surface area contributed by atoms with Crippen molar-refractivity contribution >= 4 is 5.84 Å². The van der Waals surface area contributed by atoms with Crippen LogP contribution in [0.1, 0.15) is 11.1 Å². The van der Waals surface area contributed by atoms with Crippen LogP contribution in [0.15, 0.2) is 23.4 Å². The number of nitrogens with two attached hydrogens (primary N) is 1. The SMILES string of the molecule is Cc1ccc(/C(N)=N/O)cc1OCC(F)F. The Bertz CT molecular complexity index is 394. The summed E-state index contributed by atoms with van der Waals surface area (Å²) in [6.45, 7) is 1.04. The fourth-order valence-corrected chi connectivity index (χ4v) is 1.13. The number of nitrogens with zero attached hydrogens (tertiary/aromatic N) is 1. The van der Waals surface area contributed by atoms with E-state index in [2.05, 4.69) is 5.16 Å². The van der Waals surface area contributed by atoms with Crippen molar-refractivity contribution in [2.24, 2.45) is 10.9 Å². The van der Waals surface area contributed by atoms with E-state index in [9.17, 15) is 8.78 Å². The van der Waals surface area contributed by atoms with Gasteiger partial charge in [0, 0.05) is 5.56 Å². The van der Waals surface area contributed by atoms with Crippen LogP contribution in [0.4, 0.5) is 8.78 Å². The molecule has 0 bridgehead atoms. The summed E-state index contributed by atoms with van der Waals surface area (Å²) >= 11 is 0. The topological polar surface area (TPSA) is 67.8 Å². The molecule has 0 aliphatic rings. The monoisotopic (exact) mass is 230 g/mol. The highest BCUT2D eigenvalue weighted by molar-refractivity contribution is 5.97. The molecule has 0 atom stereocenters. The normalized spacial score (nSPS) is 11.9. The van der Waals surface area contributed by atoms with Crippen LogP contribution >= 0.6 is 0 Å². The van der Waals surface area contributed by atoms with Crippen molar-refractivity contribution < 1.29 is 18.7 Å². The number of ether oxygens (including phenoxy) is 1. The van der Waals surface area contributed by atoms with Gasteiger partial charge in [-0.1, -0.05) is 17.3 Å². The molecule has 1 aromatic carbocycles. The average Bonchev–Trinajstić information content (AvgIpc) is 2.26. The predicted molar refractivity (Wildman–Crippen MR) is 55.2 cm³/mol. The number of rotatable bonds is 4. The van der Waals surface area contributed by atoms with Crippen LogP contribution in [-0.2, 0) is 0 Å². The van der Waals surface area contributed by atoms with Crippen LogP contribution in [0.3, 0.4) is 0 Å². The Kier molecular flexibility index (Phi) is 4.04. The second-order valence-corrected chi connectivity index (χ2v) is 3.17. The van der Waals surface area contributed by atoms with E-state index in [1.807, 2.05) is 0 Å². The molecule has 0 radical (unpaired) electrons. The number of aryl methyl sites for hydroxylation is 1. The molecule has 4 nitrogen and oxygen atoms in total. The van der Waals surface area contributed by atoms with Crippen LogP contribution in [0, 0.1) is 6.92 Å². The van der Waals surface area contributed by atoms with Crippen molar-refractivity contribution in [3.8, 4) is 5.75 Å². The van der Waals surface area contributed by atoms with Gasteiger partial charge in [-0.25, -0.2) is 8.78 Å². The minimum Gasteiger partial charge on any atom is -0.487 e. The van der Waals surface area contributed by atoms with E-state index in [0.29, 0.717) is 16.9 Å². The Morgan fingerprint density at radius 3 is 2.81 bits per heavy atom. The molecule has 0 aliphatic heterocycles. The fraction of sp³-hybridized carbons (Fsp3) is 0.300. The third-order valence-corrected chi connectivity index (χ3v) is 1.96. The molecule has 16 heavy (non-hydrogen) atoms. The molecule has 0 aromatic heterocycles. The summed E-state index contributed by atoms with van der Waals surface area (Å²) in [6, 6.07) is 4.71. The Balaban J connectivity index is 2.90. The van der Waals surface area contributed by atoms with Gasteiger partial charge in [0.2, 0.25) is 0 Å². The number of amidine groups is 1. The summed E-state index contributed by atoms with van der Waals surface area (Å²) < 4.78 is 28.8. The second-order valence-electron chi connectivity index (χ2n) is 3.17. The minimum absolute atomic E-state index is 0.0955. The maximum atomic E-state index is 12.0. The van der Waals surface area contributed by atoms with Crippen molar-refractivity contribution in [1.82, 2.24) is 0 Å². The van der Waals surface area contributed by atoms with Gasteiger partial charge < -0.3 is 15.7 Å². The van der Waals surface area contributed by atoms with Gasteiger partial charge in [-0.15, -0.1) is 0 Å². The van der Waals surface area contributed by atoms with Crippen LogP contribution in [0.2, 0.25) is 0 Å². The van der Waals surface area contributed by atoms with Crippen molar-refractivity contribution in [2.75, 3.05) is 6.61 Å². The Morgan fingerprint density at radius 2 is 2.25 bits per heavy atom. The molecule has 6 heteroatoms. The average molecular weight is 230 g/mol. The lowest BCUT2D eigenvalue weighted by Gasteiger charge is -2.09. The van der Waals surface area contributed by atoms with E-state index in [1.165, 1.54) is 6.07 Å². The second kappa shape index (κ2) is 5.29. The van der Waals surface area contributed by atoms with Crippen LogP contribution in [0.5, 0.6) is 5.75 Å². The maximum absolute atomic E-state index is 12.0. The number of hydrogen-bond acceptors (Lipinski definition) is 3. The van der Waals surface area contributed by atoms with Crippen molar-refractivity contribution in [3.05, 3.63) is 29.3 Å². The number of hydrogen-bond donors (Lipinski definition) is 2. The summed E-state index contributed by atoms with van der Waals surface area (Å²) in [5.41, 5.74) is 6.48. The zero-order chi connectivity index (χ0) is 12.1. The van der Waals surface area contributed by atoms with Crippen molar-refractivity contribution in [1.29, 1.82) is 0 Å². The molecule has 0 aliphatic carbocycles. The molecule has 0 fully saturated rings. The van der Waals surface area contributed by atoms with Gasteiger partial charge >= 0.3 is 0 Å². The van der Waals surface area contributed by atoms with Gasteiger partial charge in [-0.3, -0.25) is 0 Å². The first-order chi connectivity index (χ1) is 7.54. The van der Waals surface area contributed by atoms with Gasteiger partial charge in [-0.05, 0) is 18.6 Å². The molecule has 0 unspecified atom stereocenters. The van der Waals surface area contributed by atoms with E-state index in [0.717, 1.165) is 0 Å². The molecule has 0 spiro atoms. The van der Waals surface area contributed by atoms with Crippen LogP contribution in [-0.4, -0.2) is 24.1 Å². The number of halogens is 2. The lowest BCUT2D eigenvalue weighted by molar-refractivity contribution is 0.0816. The Morgan fingerprint density at radius 1 is 1.56 bits per heavy atom. The summed E-state index contributed by atoms with van der Waals surface area (Å²) in [5.74, 6) is 0.200. The number of alkyl halides is 2. The van der Waals surface area contributed by atoms with Crippen LogP contribution in [0.25, 0.3) is 0 Å². The van der Waals surface area contributed by atoms with Gasteiger partial charge in [0.1, 0.15) is 12.4 Å². The maximum Gasteiger partial charge on any atom is 0.272 e. The van der Waals surface area contributed by atoms with E-state index in [-0.39, 0.29) is 5.84 Å². The first-order valence-electron chi connectivity index (χ1n) is 4.54. The molecular weight excluding hydrogens is 218 g/mol. The summed E-state index contributed by atoms with van der Waals surface area (Å²) in [7, 11) is 0. The zero-order valence-corrected chi connectivity index (χ0v) is 8.65. The number of benzene rings is 1. The van der Waals surface area contributed by atoms with Gasteiger partial charge in [0.05, 0.1) is 0 Å². The quantitative estimate of drug-likeness (QED) is 0.358. The van der Waals surface area contributed by atoms with Crippen molar-refractivity contribution in [2.45, 2.75) is 13.3 Å². The molecule has 0 amide bonds. The molecule has 88 valence electrons. The summed E-state index contributed by atoms with van der Waals surface area (Å²) in [6.07, 6.45) is -2.54. The molecule has 0 saturated heterocycles. The Labute approximate surface area is 91.3 Å². The van der Waals surface area contributed by atoms with Crippen LogP contribution < -0.4 is 10.5 Å². The molecule has 1 aromatic rings. The minimum atomic E-state index is -2.54. The lowest BCUT2D eigenvalue weighted by atomic mass is 10.1. The highest BCUT2D eigenvalue weighted by atomic mass is 19.3. The van der Waals surface area contributed by atoms with Gasteiger partial charge in [-0.2, -0.15) is 0 Å². The van der Waals surface area contributed by atoms with Crippen molar-refractivity contribution in [3.63, 3.8) is 0 Å². The fourth-order valence-electron chi connectivity index (χ4n) is 1.13. The van der Waals surface area contributed by atoms with E-state index < -0.39 is 13.0 Å².